The third-order valence-electron chi connectivity index (χ3n) is 5.50. The van der Waals surface area contributed by atoms with Gasteiger partial charge in [0.15, 0.2) is 0 Å². The van der Waals surface area contributed by atoms with Crippen molar-refractivity contribution in [2.24, 2.45) is 0 Å². The van der Waals surface area contributed by atoms with Gasteiger partial charge in [-0.05, 0) is 29.7 Å². The molecule has 0 aliphatic carbocycles. The summed E-state index contributed by atoms with van der Waals surface area (Å²) in [4.78, 5) is 27.8. The zero-order valence-electron chi connectivity index (χ0n) is 17.7. The molecule has 5 nitrogen and oxygen atoms in total. The largest absolute Gasteiger partial charge is 0.507 e. The fourth-order valence-corrected chi connectivity index (χ4v) is 3.93. The lowest BCUT2D eigenvalue weighted by atomic mass is 9.94. The van der Waals surface area contributed by atoms with Gasteiger partial charge in [0, 0.05) is 17.3 Å². The van der Waals surface area contributed by atoms with Gasteiger partial charge in [0.25, 0.3) is 11.7 Å². The van der Waals surface area contributed by atoms with Crippen molar-refractivity contribution in [2.45, 2.75) is 12.5 Å². The molecule has 0 bridgehead atoms. The molecule has 1 fully saturated rings. The van der Waals surface area contributed by atoms with E-state index in [1.165, 1.54) is 4.90 Å². The summed E-state index contributed by atoms with van der Waals surface area (Å²) in [5.41, 5.74) is 2.83. The van der Waals surface area contributed by atoms with Gasteiger partial charge in [-0.3, -0.25) is 14.5 Å². The SMILES string of the molecule is C=CCc1ccc(C2C(=C(O)c3ccccc3)C(=O)C(=O)N2c2cccc(OC)c2)cc1. The average Bonchev–Trinajstić information content (AvgIpc) is 3.10. The third-order valence-corrected chi connectivity index (χ3v) is 5.50. The van der Waals surface area contributed by atoms with E-state index in [1.807, 2.05) is 36.4 Å². The second-order valence-corrected chi connectivity index (χ2v) is 7.47. The van der Waals surface area contributed by atoms with Crippen LogP contribution in [0.5, 0.6) is 5.75 Å². The minimum atomic E-state index is -0.778. The maximum Gasteiger partial charge on any atom is 0.300 e. The average molecular weight is 425 g/mol. The number of nitrogens with zero attached hydrogens (tertiary/aromatic N) is 1. The lowest BCUT2D eigenvalue weighted by Gasteiger charge is -2.26. The van der Waals surface area contributed by atoms with Crippen LogP contribution in [0.1, 0.15) is 22.7 Å². The van der Waals surface area contributed by atoms with Gasteiger partial charge in [-0.15, -0.1) is 6.58 Å². The van der Waals surface area contributed by atoms with Crippen LogP contribution in [0.15, 0.2) is 97.1 Å². The number of carbonyl (C=O) groups excluding carboxylic acids is 2. The summed E-state index contributed by atoms with van der Waals surface area (Å²) >= 11 is 0. The number of benzene rings is 3. The van der Waals surface area contributed by atoms with Gasteiger partial charge in [-0.2, -0.15) is 0 Å². The van der Waals surface area contributed by atoms with Crippen LogP contribution < -0.4 is 9.64 Å². The Balaban J connectivity index is 1.91. The van der Waals surface area contributed by atoms with E-state index >= 15 is 0 Å². The molecule has 0 spiro atoms. The summed E-state index contributed by atoms with van der Waals surface area (Å²) in [7, 11) is 1.54. The Morgan fingerprint density at radius 3 is 2.41 bits per heavy atom. The molecular weight excluding hydrogens is 402 g/mol. The molecule has 3 aromatic carbocycles. The zero-order valence-corrected chi connectivity index (χ0v) is 17.7. The van der Waals surface area contributed by atoms with E-state index in [2.05, 4.69) is 6.58 Å². The number of hydrogen-bond donors (Lipinski definition) is 1. The van der Waals surface area contributed by atoms with Gasteiger partial charge >= 0.3 is 0 Å². The van der Waals surface area contributed by atoms with Crippen LogP contribution in [0.3, 0.4) is 0 Å². The summed E-state index contributed by atoms with van der Waals surface area (Å²) in [6, 6.07) is 22.6. The van der Waals surface area contributed by atoms with E-state index in [1.54, 1.807) is 55.6 Å². The number of amides is 1. The normalized spacial score (nSPS) is 17.4. The fraction of sp³-hybridized carbons (Fsp3) is 0.111. The molecule has 1 aliphatic heterocycles. The number of methoxy groups -OCH3 is 1. The Labute approximate surface area is 186 Å². The van der Waals surface area contributed by atoms with E-state index in [-0.39, 0.29) is 11.3 Å². The van der Waals surface area contributed by atoms with E-state index in [4.69, 9.17) is 4.74 Å². The van der Waals surface area contributed by atoms with E-state index < -0.39 is 17.7 Å². The number of rotatable bonds is 6. The minimum Gasteiger partial charge on any atom is -0.507 e. The summed E-state index contributed by atoms with van der Waals surface area (Å²) in [6.45, 7) is 3.76. The number of allylic oxidation sites excluding steroid dienone is 1. The molecule has 1 heterocycles. The Bertz CT molecular complexity index is 1200. The molecule has 1 atom stereocenters. The first-order chi connectivity index (χ1) is 15.5. The maximum absolute atomic E-state index is 13.2. The van der Waals surface area contributed by atoms with Crippen molar-refractivity contribution in [3.05, 3.63) is 114 Å². The van der Waals surface area contributed by atoms with E-state index in [0.29, 0.717) is 23.4 Å². The van der Waals surface area contributed by atoms with Crippen LogP contribution in [-0.2, 0) is 16.0 Å². The lowest BCUT2D eigenvalue weighted by Crippen LogP contribution is -2.29. The van der Waals surface area contributed by atoms with Crippen LogP contribution in [0.4, 0.5) is 5.69 Å². The monoisotopic (exact) mass is 425 g/mol. The number of ketones is 1. The Kier molecular flexibility index (Phi) is 5.90. The van der Waals surface area contributed by atoms with Crippen LogP contribution >= 0.6 is 0 Å². The topological polar surface area (TPSA) is 66.8 Å². The molecule has 4 rings (SSSR count). The van der Waals surface area contributed by atoms with Gasteiger partial charge < -0.3 is 9.84 Å². The van der Waals surface area contributed by atoms with Crippen LogP contribution in [-0.4, -0.2) is 23.9 Å². The number of aliphatic hydroxyl groups is 1. The van der Waals surface area contributed by atoms with Gasteiger partial charge in [-0.1, -0.05) is 66.7 Å². The molecule has 5 heteroatoms. The van der Waals surface area contributed by atoms with Gasteiger partial charge in [0.1, 0.15) is 11.5 Å². The van der Waals surface area contributed by atoms with Gasteiger partial charge in [0.05, 0.1) is 18.7 Å². The molecule has 0 radical (unpaired) electrons. The van der Waals surface area contributed by atoms with Crippen molar-refractivity contribution in [1.29, 1.82) is 0 Å². The van der Waals surface area contributed by atoms with Crippen LogP contribution in [0, 0.1) is 0 Å². The van der Waals surface area contributed by atoms with Crippen molar-refractivity contribution < 1.29 is 19.4 Å². The van der Waals surface area contributed by atoms with Crippen molar-refractivity contribution in [3.63, 3.8) is 0 Å². The first-order valence-electron chi connectivity index (χ1n) is 10.3. The summed E-state index contributed by atoms with van der Waals surface area (Å²) in [5, 5.41) is 11.1. The minimum absolute atomic E-state index is 0.0560. The molecule has 0 aromatic heterocycles. The Hall–Kier alpha value is -4.12. The smallest absolute Gasteiger partial charge is 0.300 e. The number of carbonyl (C=O) groups is 2. The zero-order chi connectivity index (χ0) is 22.7. The second kappa shape index (κ2) is 8.94. The molecule has 1 N–H and O–H groups in total. The lowest BCUT2D eigenvalue weighted by molar-refractivity contribution is -0.132. The highest BCUT2D eigenvalue weighted by Crippen LogP contribution is 2.42. The standard InChI is InChI=1S/C27H23NO4/c1-3-8-18-13-15-19(16-14-18)24-23(25(29)20-9-5-4-6-10-20)26(30)27(31)28(24)21-11-7-12-22(17-21)32-2/h3-7,9-17,24,29H,1,8H2,2H3. The number of aliphatic hydroxyl groups excluding tert-OH is 1. The van der Waals surface area contributed by atoms with E-state index in [9.17, 15) is 14.7 Å². The molecule has 0 saturated carbocycles. The van der Waals surface area contributed by atoms with Gasteiger partial charge in [0.2, 0.25) is 0 Å². The highest BCUT2D eigenvalue weighted by Gasteiger charge is 2.47. The molecule has 1 amide bonds. The van der Waals surface area contributed by atoms with Crippen molar-refractivity contribution in [1.82, 2.24) is 0 Å². The molecule has 160 valence electrons. The quantitative estimate of drug-likeness (QED) is 0.260. The summed E-state index contributed by atoms with van der Waals surface area (Å²) in [6.07, 6.45) is 2.52. The molecule has 3 aromatic rings. The molecule has 32 heavy (non-hydrogen) atoms. The molecule has 1 saturated heterocycles. The number of hydrogen-bond acceptors (Lipinski definition) is 4. The van der Waals surface area contributed by atoms with Gasteiger partial charge in [-0.25, -0.2) is 0 Å². The second-order valence-electron chi connectivity index (χ2n) is 7.47. The Morgan fingerprint density at radius 1 is 1.03 bits per heavy atom. The highest BCUT2D eigenvalue weighted by atomic mass is 16.5. The molecular formula is C27H23NO4. The summed E-state index contributed by atoms with van der Waals surface area (Å²) < 4.78 is 5.31. The number of anilines is 1. The predicted octanol–water partition coefficient (Wildman–Crippen LogP) is 5.05. The third kappa shape index (κ3) is 3.81. The highest BCUT2D eigenvalue weighted by molar-refractivity contribution is 6.51. The molecule has 1 unspecified atom stereocenters. The first kappa shape index (κ1) is 21.1. The van der Waals surface area contributed by atoms with Crippen molar-refractivity contribution in [3.8, 4) is 5.75 Å². The molecule has 1 aliphatic rings. The summed E-state index contributed by atoms with van der Waals surface area (Å²) in [5.74, 6) is -1.06. The van der Waals surface area contributed by atoms with Crippen molar-refractivity contribution >= 4 is 23.1 Å². The maximum atomic E-state index is 13.2. The first-order valence-corrected chi connectivity index (χ1v) is 10.3. The Morgan fingerprint density at radius 2 is 1.75 bits per heavy atom. The van der Waals surface area contributed by atoms with Crippen molar-refractivity contribution in [2.75, 3.05) is 12.0 Å². The van der Waals surface area contributed by atoms with Crippen LogP contribution in [0.2, 0.25) is 0 Å². The predicted molar refractivity (Wildman–Crippen MR) is 125 cm³/mol. The fourth-order valence-electron chi connectivity index (χ4n) is 3.93. The number of ether oxygens (including phenoxy) is 1. The van der Waals surface area contributed by atoms with E-state index in [0.717, 1.165) is 11.1 Å². The number of Topliss-reactive ketones (excluding diaryl/α,β-unsaturated/α-hetero) is 1. The van der Waals surface area contributed by atoms with Crippen LogP contribution in [0.25, 0.3) is 5.76 Å².